The van der Waals surface area contributed by atoms with Crippen LogP contribution in [-0.2, 0) is 0 Å². The molecule has 0 unspecified atom stereocenters. The first-order chi connectivity index (χ1) is 5.79. The van der Waals surface area contributed by atoms with Crippen molar-refractivity contribution >= 4 is 6.21 Å². The van der Waals surface area contributed by atoms with E-state index in [4.69, 9.17) is 0 Å². The molecule has 0 rings (SSSR count). The zero-order valence-corrected chi connectivity index (χ0v) is 7.96. The molecule has 0 bridgehead atoms. The molecule has 0 aliphatic heterocycles. The lowest BCUT2D eigenvalue weighted by atomic mass is 10.3. The highest BCUT2D eigenvalue weighted by Crippen LogP contribution is 2.05. The number of rotatable bonds is 4. The number of likely N-dealkylation sites (N-methyl/N-ethyl adjacent to an activating group) is 1. The van der Waals surface area contributed by atoms with Gasteiger partial charge in [0.25, 0.3) is 0 Å². The average molecular weight is 164 g/mol. The minimum atomic E-state index is 0.900. The first-order valence-electron chi connectivity index (χ1n) is 3.96. The highest BCUT2D eigenvalue weighted by atomic mass is 14.9. The van der Waals surface area contributed by atoms with Crippen LogP contribution in [0.15, 0.2) is 41.2 Å². The molecular formula is C10H16N2. The van der Waals surface area contributed by atoms with Gasteiger partial charge >= 0.3 is 0 Å². The predicted octanol–water partition coefficient (Wildman–Crippen LogP) is 2.27. The summed E-state index contributed by atoms with van der Waals surface area (Å²) < 4.78 is 0. The smallest absolute Gasteiger partial charge is 0.0853 e. The molecule has 0 aromatic carbocycles. The monoisotopic (exact) mass is 164 g/mol. The first-order valence-corrected chi connectivity index (χ1v) is 3.96. The average Bonchev–Trinajstić information content (AvgIpc) is 2.07. The van der Waals surface area contributed by atoms with E-state index in [0.717, 1.165) is 11.4 Å². The van der Waals surface area contributed by atoms with Crippen molar-refractivity contribution in [1.29, 1.82) is 0 Å². The van der Waals surface area contributed by atoms with Gasteiger partial charge in [0.05, 0.1) is 11.4 Å². The molecule has 66 valence electrons. The summed E-state index contributed by atoms with van der Waals surface area (Å²) in [6, 6.07) is 0. The highest BCUT2D eigenvalue weighted by molar-refractivity contribution is 5.57. The summed E-state index contributed by atoms with van der Waals surface area (Å²) in [5, 5.41) is 3.02. The van der Waals surface area contributed by atoms with E-state index in [0.29, 0.717) is 0 Å². The fraction of sp³-hybridized carbons (Fsp3) is 0.300. The minimum absolute atomic E-state index is 0.900. The number of aliphatic imine (C=N–C) groups is 1. The van der Waals surface area contributed by atoms with Crippen molar-refractivity contribution in [1.82, 2.24) is 5.32 Å². The van der Waals surface area contributed by atoms with Gasteiger partial charge in [0.2, 0.25) is 0 Å². The molecule has 12 heavy (non-hydrogen) atoms. The predicted molar refractivity (Wildman–Crippen MR) is 55.3 cm³/mol. The summed E-state index contributed by atoms with van der Waals surface area (Å²) in [5.41, 5.74) is 1.84. The molecule has 0 radical (unpaired) electrons. The first kappa shape index (κ1) is 10.7. The fourth-order valence-electron chi connectivity index (χ4n) is 0.834. The maximum atomic E-state index is 4.19. The molecular weight excluding hydrogens is 148 g/mol. The second-order valence-corrected chi connectivity index (χ2v) is 2.14. The molecule has 0 aromatic heterocycles. The van der Waals surface area contributed by atoms with Gasteiger partial charge in [-0.2, -0.15) is 0 Å². The van der Waals surface area contributed by atoms with Crippen molar-refractivity contribution in [3.05, 3.63) is 36.2 Å². The van der Waals surface area contributed by atoms with Crippen molar-refractivity contribution in [2.75, 3.05) is 7.05 Å². The van der Waals surface area contributed by atoms with E-state index in [1.165, 1.54) is 0 Å². The van der Waals surface area contributed by atoms with Crippen LogP contribution in [0.2, 0.25) is 0 Å². The van der Waals surface area contributed by atoms with E-state index in [1.807, 2.05) is 33.0 Å². The van der Waals surface area contributed by atoms with E-state index in [-0.39, 0.29) is 0 Å². The molecule has 0 spiro atoms. The SMILES string of the molecule is C=C/C(NC)=C(\C=C/C)/N=C\C. The van der Waals surface area contributed by atoms with E-state index in [9.17, 15) is 0 Å². The molecule has 0 fully saturated rings. The molecule has 2 heteroatoms. The maximum absolute atomic E-state index is 4.19. The number of hydrogen-bond acceptors (Lipinski definition) is 2. The Kier molecular flexibility index (Phi) is 5.70. The second kappa shape index (κ2) is 6.40. The summed E-state index contributed by atoms with van der Waals surface area (Å²) in [6.45, 7) is 7.54. The third kappa shape index (κ3) is 3.19. The van der Waals surface area contributed by atoms with Gasteiger partial charge in [-0.05, 0) is 26.0 Å². The summed E-state index contributed by atoms with van der Waals surface area (Å²) in [7, 11) is 1.85. The van der Waals surface area contributed by atoms with Gasteiger partial charge in [-0.3, -0.25) is 4.99 Å². The fourth-order valence-corrected chi connectivity index (χ4v) is 0.834. The summed E-state index contributed by atoms with van der Waals surface area (Å²) in [4.78, 5) is 4.19. The Bertz CT molecular complexity index is 208. The molecule has 0 aromatic rings. The lowest BCUT2D eigenvalue weighted by Gasteiger charge is -2.02. The minimum Gasteiger partial charge on any atom is -0.386 e. The van der Waals surface area contributed by atoms with Crippen LogP contribution in [0.4, 0.5) is 0 Å². The molecule has 2 nitrogen and oxygen atoms in total. The van der Waals surface area contributed by atoms with Crippen LogP contribution in [-0.4, -0.2) is 13.3 Å². The highest BCUT2D eigenvalue weighted by Gasteiger charge is 1.93. The van der Waals surface area contributed by atoms with E-state index >= 15 is 0 Å². The third-order valence-corrected chi connectivity index (χ3v) is 1.34. The van der Waals surface area contributed by atoms with Crippen LogP contribution in [0.25, 0.3) is 0 Å². The van der Waals surface area contributed by atoms with Crippen molar-refractivity contribution in [3.63, 3.8) is 0 Å². The second-order valence-electron chi connectivity index (χ2n) is 2.14. The third-order valence-electron chi connectivity index (χ3n) is 1.34. The summed E-state index contributed by atoms with van der Waals surface area (Å²) in [5.74, 6) is 0. The molecule has 0 heterocycles. The largest absolute Gasteiger partial charge is 0.386 e. The van der Waals surface area contributed by atoms with E-state index in [1.54, 1.807) is 12.3 Å². The van der Waals surface area contributed by atoms with Crippen molar-refractivity contribution in [2.45, 2.75) is 13.8 Å². The zero-order valence-electron chi connectivity index (χ0n) is 7.96. The molecule has 0 aliphatic carbocycles. The quantitative estimate of drug-likeness (QED) is 0.500. The summed E-state index contributed by atoms with van der Waals surface area (Å²) in [6.07, 6.45) is 7.40. The van der Waals surface area contributed by atoms with Crippen LogP contribution in [0, 0.1) is 0 Å². The van der Waals surface area contributed by atoms with Gasteiger partial charge < -0.3 is 5.32 Å². The Hall–Kier alpha value is -1.31. The van der Waals surface area contributed by atoms with Gasteiger partial charge in [-0.15, -0.1) is 0 Å². The van der Waals surface area contributed by atoms with Crippen molar-refractivity contribution in [3.8, 4) is 0 Å². The van der Waals surface area contributed by atoms with E-state index < -0.39 is 0 Å². The van der Waals surface area contributed by atoms with Crippen LogP contribution >= 0.6 is 0 Å². The Balaban J connectivity index is 4.87. The van der Waals surface area contributed by atoms with Gasteiger partial charge in [-0.1, -0.05) is 12.7 Å². The van der Waals surface area contributed by atoms with Crippen LogP contribution in [0.1, 0.15) is 13.8 Å². The standard InChI is InChI=1S/C10H16N2/c1-5-8-10(12-7-3)9(6-2)11-4/h5-8,11H,2H2,1,3-4H3/b8-5-,10-9-,12-7-. The Morgan fingerprint density at radius 2 is 2.08 bits per heavy atom. The lowest BCUT2D eigenvalue weighted by Crippen LogP contribution is -2.05. The number of hydrogen-bond donors (Lipinski definition) is 1. The Morgan fingerprint density at radius 1 is 1.42 bits per heavy atom. The summed E-state index contributed by atoms with van der Waals surface area (Å²) >= 11 is 0. The van der Waals surface area contributed by atoms with Gasteiger partial charge in [0, 0.05) is 13.3 Å². The molecule has 0 atom stereocenters. The molecule has 1 N–H and O–H groups in total. The van der Waals surface area contributed by atoms with Gasteiger partial charge in [0.15, 0.2) is 0 Å². The number of nitrogens with one attached hydrogen (secondary N) is 1. The maximum Gasteiger partial charge on any atom is 0.0853 e. The van der Waals surface area contributed by atoms with Crippen LogP contribution in [0.3, 0.4) is 0 Å². The topological polar surface area (TPSA) is 24.4 Å². The van der Waals surface area contributed by atoms with Crippen molar-refractivity contribution in [2.24, 2.45) is 4.99 Å². The molecule has 0 amide bonds. The molecule has 0 aliphatic rings. The Morgan fingerprint density at radius 3 is 2.42 bits per heavy atom. The van der Waals surface area contributed by atoms with Crippen LogP contribution < -0.4 is 5.32 Å². The van der Waals surface area contributed by atoms with Gasteiger partial charge in [-0.25, -0.2) is 0 Å². The Labute approximate surface area is 74.4 Å². The van der Waals surface area contributed by atoms with Crippen LogP contribution in [0.5, 0.6) is 0 Å². The van der Waals surface area contributed by atoms with E-state index in [2.05, 4.69) is 16.9 Å². The zero-order chi connectivity index (χ0) is 9.40. The molecule has 0 saturated heterocycles. The number of nitrogens with zero attached hydrogens (tertiary/aromatic N) is 1. The number of allylic oxidation sites excluding steroid dienone is 3. The van der Waals surface area contributed by atoms with Crippen molar-refractivity contribution < 1.29 is 0 Å². The normalized spacial score (nSPS) is 13.6. The van der Waals surface area contributed by atoms with Gasteiger partial charge in [0.1, 0.15) is 0 Å². The lowest BCUT2D eigenvalue weighted by molar-refractivity contribution is 1.01. The molecule has 0 saturated carbocycles.